The second-order valence-electron chi connectivity index (χ2n) is 6.42. The first kappa shape index (κ1) is 22.5. The number of nitrogens with one attached hydrogen (secondary N) is 1. The molecule has 1 amide bonds. The Bertz CT molecular complexity index is 1170. The first-order valence-corrected chi connectivity index (χ1v) is 11.8. The van der Waals surface area contributed by atoms with Crippen LogP contribution in [0.4, 0.5) is 5.69 Å². The first-order valence-electron chi connectivity index (χ1n) is 9.37. The zero-order valence-electron chi connectivity index (χ0n) is 17.0. The standard InChI is InChI=1S/C22H21NO6S2/c1-3-29-22(25)21-18(13-19(30-21)15-7-5-4-6-8-15)23-20(24)14-31(26,27)17-11-9-16(28-2)10-12-17/h4-13H,3,14H2,1-2H3,(H,23,24). The van der Waals surface area contributed by atoms with Crippen LogP contribution in [0.1, 0.15) is 16.6 Å². The maximum absolute atomic E-state index is 12.6. The molecule has 3 aromatic rings. The highest BCUT2D eigenvalue weighted by molar-refractivity contribution is 7.92. The molecule has 0 fully saturated rings. The van der Waals surface area contributed by atoms with E-state index in [0.717, 1.165) is 10.4 Å². The number of hydrogen-bond acceptors (Lipinski definition) is 7. The van der Waals surface area contributed by atoms with Gasteiger partial charge in [-0.05, 0) is 42.8 Å². The zero-order chi connectivity index (χ0) is 22.4. The lowest BCUT2D eigenvalue weighted by atomic mass is 10.2. The van der Waals surface area contributed by atoms with E-state index in [0.29, 0.717) is 5.75 Å². The average Bonchev–Trinajstić information content (AvgIpc) is 3.18. The van der Waals surface area contributed by atoms with Gasteiger partial charge in [0.15, 0.2) is 9.84 Å². The molecule has 0 unspecified atom stereocenters. The normalized spacial score (nSPS) is 11.0. The van der Waals surface area contributed by atoms with Crippen LogP contribution in [0.2, 0.25) is 0 Å². The third kappa shape index (κ3) is 5.50. The number of carbonyl (C=O) groups excluding carboxylic acids is 2. The molecule has 31 heavy (non-hydrogen) atoms. The number of methoxy groups -OCH3 is 1. The lowest BCUT2D eigenvalue weighted by Gasteiger charge is -2.08. The molecule has 0 atom stereocenters. The summed E-state index contributed by atoms with van der Waals surface area (Å²) in [4.78, 5) is 25.9. The molecule has 0 aliphatic heterocycles. The Balaban J connectivity index is 1.83. The molecule has 0 saturated carbocycles. The van der Waals surface area contributed by atoms with E-state index in [1.54, 1.807) is 13.0 Å². The summed E-state index contributed by atoms with van der Waals surface area (Å²) < 4.78 is 35.3. The van der Waals surface area contributed by atoms with Crippen molar-refractivity contribution in [2.45, 2.75) is 11.8 Å². The fourth-order valence-corrected chi connectivity index (χ4v) is 4.95. The highest BCUT2D eigenvalue weighted by atomic mass is 32.2. The van der Waals surface area contributed by atoms with Crippen LogP contribution in [0.15, 0.2) is 65.6 Å². The highest BCUT2D eigenvalue weighted by Gasteiger charge is 2.23. The van der Waals surface area contributed by atoms with Crippen LogP contribution >= 0.6 is 11.3 Å². The van der Waals surface area contributed by atoms with E-state index in [1.165, 1.54) is 42.7 Å². The molecule has 1 aromatic heterocycles. The Kier molecular flexibility index (Phi) is 7.09. The minimum absolute atomic E-state index is 0.00404. The summed E-state index contributed by atoms with van der Waals surface area (Å²) in [5, 5.41) is 2.56. The molecule has 7 nitrogen and oxygen atoms in total. The summed E-state index contributed by atoms with van der Waals surface area (Å²) in [5.41, 5.74) is 1.08. The van der Waals surface area contributed by atoms with Gasteiger partial charge in [-0.2, -0.15) is 0 Å². The number of anilines is 1. The Morgan fingerprint density at radius 2 is 1.71 bits per heavy atom. The van der Waals surface area contributed by atoms with Crippen molar-refractivity contribution in [3.63, 3.8) is 0 Å². The summed E-state index contributed by atoms with van der Waals surface area (Å²) in [5.74, 6) is -1.59. The van der Waals surface area contributed by atoms with Gasteiger partial charge in [0.2, 0.25) is 5.91 Å². The molecule has 0 bridgehead atoms. The Morgan fingerprint density at radius 1 is 1.03 bits per heavy atom. The van der Waals surface area contributed by atoms with Crippen LogP contribution in [-0.2, 0) is 19.4 Å². The van der Waals surface area contributed by atoms with Crippen LogP contribution in [0.5, 0.6) is 5.75 Å². The minimum atomic E-state index is -3.87. The van der Waals surface area contributed by atoms with Gasteiger partial charge in [0.25, 0.3) is 0 Å². The van der Waals surface area contributed by atoms with E-state index in [2.05, 4.69) is 5.32 Å². The van der Waals surface area contributed by atoms with Crippen LogP contribution in [-0.4, -0.2) is 39.8 Å². The summed E-state index contributed by atoms with van der Waals surface area (Å²) in [7, 11) is -2.40. The number of hydrogen-bond donors (Lipinski definition) is 1. The number of carbonyl (C=O) groups is 2. The molecule has 0 aliphatic carbocycles. The Morgan fingerprint density at radius 3 is 2.32 bits per heavy atom. The van der Waals surface area contributed by atoms with E-state index < -0.39 is 27.5 Å². The predicted molar refractivity (Wildman–Crippen MR) is 119 cm³/mol. The van der Waals surface area contributed by atoms with E-state index in [9.17, 15) is 18.0 Å². The fourth-order valence-electron chi connectivity index (χ4n) is 2.80. The van der Waals surface area contributed by atoms with E-state index in [-0.39, 0.29) is 22.1 Å². The number of esters is 1. The molecule has 9 heteroatoms. The van der Waals surface area contributed by atoms with Crippen LogP contribution in [0.3, 0.4) is 0 Å². The molecule has 3 rings (SSSR count). The number of rotatable bonds is 8. The van der Waals surface area contributed by atoms with Crippen molar-refractivity contribution in [2.75, 3.05) is 24.8 Å². The maximum Gasteiger partial charge on any atom is 0.350 e. The van der Waals surface area contributed by atoms with Crippen LogP contribution in [0.25, 0.3) is 10.4 Å². The second-order valence-corrected chi connectivity index (χ2v) is 9.46. The molecule has 0 saturated heterocycles. The van der Waals surface area contributed by atoms with Gasteiger partial charge < -0.3 is 14.8 Å². The molecule has 1 N–H and O–H groups in total. The first-order chi connectivity index (χ1) is 14.8. The Labute approximate surface area is 184 Å². The Hall–Kier alpha value is -3.17. The van der Waals surface area contributed by atoms with Crippen molar-refractivity contribution in [2.24, 2.45) is 0 Å². The summed E-state index contributed by atoms with van der Waals surface area (Å²) >= 11 is 1.17. The van der Waals surface area contributed by atoms with Gasteiger partial charge in [-0.25, -0.2) is 13.2 Å². The van der Waals surface area contributed by atoms with Crippen molar-refractivity contribution < 1.29 is 27.5 Å². The van der Waals surface area contributed by atoms with Crippen LogP contribution in [0, 0.1) is 0 Å². The second kappa shape index (κ2) is 9.76. The lowest BCUT2D eigenvalue weighted by Crippen LogP contribution is -2.23. The molecular formula is C22H21NO6S2. The largest absolute Gasteiger partial charge is 0.497 e. The number of sulfone groups is 1. The number of amides is 1. The van der Waals surface area contributed by atoms with E-state index in [1.807, 2.05) is 30.3 Å². The third-order valence-corrected chi connectivity index (χ3v) is 7.06. The van der Waals surface area contributed by atoms with Crippen molar-refractivity contribution in [3.05, 3.63) is 65.5 Å². The number of thiophene rings is 1. The van der Waals surface area contributed by atoms with Crippen molar-refractivity contribution >= 4 is 38.7 Å². The lowest BCUT2D eigenvalue weighted by molar-refractivity contribution is -0.113. The van der Waals surface area contributed by atoms with Crippen molar-refractivity contribution in [3.8, 4) is 16.2 Å². The monoisotopic (exact) mass is 459 g/mol. The SMILES string of the molecule is CCOC(=O)c1sc(-c2ccccc2)cc1NC(=O)CS(=O)(=O)c1ccc(OC)cc1. The van der Waals surface area contributed by atoms with Gasteiger partial charge in [-0.15, -0.1) is 11.3 Å². The van der Waals surface area contributed by atoms with Gasteiger partial charge in [0, 0.05) is 4.88 Å². The fraction of sp³-hybridized carbons (Fsp3) is 0.182. The summed E-state index contributed by atoms with van der Waals surface area (Å²) in [6.07, 6.45) is 0. The molecule has 0 radical (unpaired) electrons. The smallest absolute Gasteiger partial charge is 0.350 e. The van der Waals surface area contributed by atoms with Crippen LogP contribution < -0.4 is 10.1 Å². The van der Waals surface area contributed by atoms with Gasteiger partial charge in [-0.3, -0.25) is 4.79 Å². The van der Waals surface area contributed by atoms with E-state index >= 15 is 0 Å². The van der Waals surface area contributed by atoms with Gasteiger partial charge in [0.05, 0.1) is 24.3 Å². The molecule has 2 aromatic carbocycles. The minimum Gasteiger partial charge on any atom is -0.497 e. The molecule has 162 valence electrons. The van der Waals surface area contributed by atoms with Crippen molar-refractivity contribution in [1.29, 1.82) is 0 Å². The quantitative estimate of drug-likeness (QED) is 0.511. The van der Waals surface area contributed by atoms with Crippen molar-refractivity contribution in [1.82, 2.24) is 0 Å². The maximum atomic E-state index is 12.6. The molecular weight excluding hydrogens is 438 g/mol. The number of benzene rings is 2. The molecule has 0 aliphatic rings. The number of ether oxygens (including phenoxy) is 2. The topological polar surface area (TPSA) is 98.8 Å². The highest BCUT2D eigenvalue weighted by Crippen LogP contribution is 2.35. The van der Waals surface area contributed by atoms with Gasteiger partial charge in [0.1, 0.15) is 16.4 Å². The van der Waals surface area contributed by atoms with E-state index in [4.69, 9.17) is 9.47 Å². The van der Waals surface area contributed by atoms with Gasteiger partial charge >= 0.3 is 5.97 Å². The zero-order valence-corrected chi connectivity index (χ0v) is 18.6. The predicted octanol–water partition coefficient (Wildman–Crippen LogP) is 4.01. The third-order valence-electron chi connectivity index (χ3n) is 4.26. The summed E-state index contributed by atoms with van der Waals surface area (Å²) in [6, 6.07) is 16.8. The van der Waals surface area contributed by atoms with Gasteiger partial charge in [-0.1, -0.05) is 30.3 Å². The molecule has 0 spiro atoms. The molecule has 1 heterocycles. The summed E-state index contributed by atoms with van der Waals surface area (Å²) in [6.45, 7) is 1.86. The average molecular weight is 460 g/mol.